The Labute approximate surface area is 211 Å². The molecule has 0 saturated heterocycles. The number of phenolic OH excluding ortho intramolecular Hbond substituents is 1. The summed E-state index contributed by atoms with van der Waals surface area (Å²) in [5.74, 6) is -0.581. The number of carbonyl (C=O) groups excluding carboxylic acids is 1. The van der Waals surface area contributed by atoms with Gasteiger partial charge in [0.1, 0.15) is 19.3 Å². The number of hydrogen-bond donors (Lipinski definition) is 1. The number of fused-ring (bicyclic) bond motifs is 1. The summed E-state index contributed by atoms with van der Waals surface area (Å²) in [6.45, 7) is 11.2. The van der Waals surface area contributed by atoms with E-state index in [1.165, 1.54) is 6.07 Å². The van der Waals surface area contributed by atoms with Crippen molar-refractivity contribution in [2.45, 2.75) is 59.0 Å². The number of carbonyl (C=O) groups is 1. The third-order valence-corrected chi connectivity index (χ3v) is 7.14. The molecule has 0 radical (unpaired) electrons. The molecular formula is C28H29O7P-2. The minimum Gasteiger partial charge on any atom is -0.780 e. The van der Waals surface area contributed by atoms with Crippen LogP contribution in [-0.4, -0.2) is 11.1 Å². The molecule has 0 amide bonds. The number of phosphoric acid groups is 1. The highest BCUT2D eigenvalue weighted by atomic mass is 31.2. The number of rotatable bonds is 6. The van der Waals surface area contributed by atoms with E-state index >= 15 is 0 Å². The second-order valence-electron chi connectivity index (χ2n) is 9.90. The van der Waals surface area contributed by atoms with Crippen LogP contribution in [0.3, 0.4) is 0 Å². The van der Waals surface area contributed by atoms with Crippen LogP contribution in [0.15, 0.2) is 48.5 Å². The molecule has 3 aromatic carbocycles. The van der Waals surface area contributed by atoms with E-state index < -0.39 is 19.4 Å². The summed E-state index contributed by atoms with van der Waals surface area (Å²) < 4.78 is 22.5. The molecule has 1 aliphatic rings. The van der Waals surface area contributed by atoms with Crippen LogP contribution in [0.2, 0.25) is 0 Å². The number of aromatic hydroxyl groups is 1. The van der Waals surface area contributed by atoms with Gasteiger partial charge >= 0.3 is 5.97 Å². The van der Waals surface area contributed by atoms with Gasteiger partial charge in [0.2, 0.25) is 0 Å². The maximum absolute atomic E-state index is 13.2. The van der Waals surface area contributed by atoms with E-state index in [2.05, 4.69) is 0 Å². The first-order valence-electron chi connectivity index (χ1n) is 11.8. The molecule has 7 nitrogen and oxygen atoms in total. The van der Waals surface area contributed by atoms with E-state index in [4.69, 9.17) is 9.26 Å². The molecule has 8 heteroatoms. The molecule has 36 heavy (non-hydrogen) atoms. The Kier molecular flexibility index (Phi) is 6.54. The van der Waals surface area contributed by atoms with Gasteiger partial charge < -0.3 is 28.7 Å². The molecule has 0 aromatic heterocycles. The highest BCUT2D eigenvalue weighted by Gasteiger charge is 2.50. The van der Waals surface area contributed by atoms with Gasteiger partial charge in [-0.05, 0) is 78.3 Å². The molecule has 0 fully saturated rings. The summed E-state index contributed by atoms with van der Waals surface area (Å²) in [6, 6.07) is 13.9. The molecule has 0 spiro atoms. The van der Waals surface area contributed by atoms with E-state index in [0.29, 0.717) is 38.9 Å². The molecule has 0 saturated carbocycles. The van der Waals surface area contributed by atoms with Crippen LogP contribution in [0.25, 0.3) is 0 Å². The van der Waals surface area contributed by atoms with Gasteiger partial charge in [-0.25, -0.2) is 4.79 Å². The minimum absolute atomic E-state index is 0.0000915. The molecule has 0 aliphatic carbocycles. The maximum Gasteiger partial charge on any atom is 0.340 e. The average molecular weight is 509 g/mol. The first kappa shape index (κ1) is 26.0. The van der Waals surface area contributed by atoms with Gasteiger partial charge in [0, 0.05) is 16.7 Å². The minimum atomic E-state index is -5.30. The van der Waals surface area contributed by atoms with Crippen LogP contribution in [0, 0.1) is 13.8 Å². The highest BCUT2D eigenvalue weighted by molar-refractivity contribution is 7.43. The fourth-order valence-corrected chi connectivity index (χ4v) is 5.44. The summed E-state index contributed by atoms with van der Waals surface area (Å²) in [7, 11) is -5.30. The third kappa shape index (κ3) is 4.32. The number of phenols is 1. The van der Waals surface area contributed by atoms with Crippen molar-refractivity contribution in [2.75, 3.05) is 0 Å². The van der Waals surface area contributed by atoms with E-state index in [1.807, 2.05) is 52.8 Å². The summed E-state index contributed by atoms with van der Waals surface area (Å²) in [4.78, 5) is 36.1. The van der Waals surface area contributed by atoms with E-state index in [-0.39, 0.29) is 23.3 Å². The second-order valence-corrected chi connectivity index (χ2v) is 11.0. The highest BCUT2D eigenvalue weighted by Crippen LogP contribution is 2.52. The first-order chi connectivity index (χ1) is 16.8. The number of benzene rings is 3. The van der Waals surface area contributed by atoms with E-state index in [1.54, 1.807) is 31.2 Å². The lowest BCUT2D eigenvalue weighted by Crippen LogP contribution is -2.32. The molecular weight excluding hydrogens is 479 g/mol. The van der Waals surface area contributed by atoms with Gasteiger partial charge in [0.05, 0.1) is 5.56 Å². The molecule has 1 heterocycles. The number of cyclic esters (lactones) is 1. The van der Waals surface area contributed by atoms with Gasteiger partial charge in [0.15, 0.2) is 5.60 Å². The fraction of sp³-hybridized carbons (Fsp3) is 0.321. The first-order valence-corrected chi connectivity index (χ1v) is 13.3. The number of hydrogen-bond acceptors (Lipinski definition) is 7. The molecule has 190 valence electrons. The van der Waals surface area contributed by atoms with Crippen LogP contribution in [0.1, 0.15) is 88.8 Å². The van der Waals surface area contributed by atoms with Gasteiger partial charge in [-0.15, -0.1) is 0 Å². The zero-order valence-electron chi connectivity index (χ0n) is 21.1. The maximum atomic E-state index is 13.2. The number of phosphoric ester groups is 1. The van der Waals surface area contributed by atoms with E-state index in [9.17, 15) is 24.3 Å². The Balaban J connectivity index is 2.12. The molecule has 3 aromatic rings. The van der Waals surface area contributed by atoms with Gasteiger partial charge in [-0.2, -0.15) is 0 Å². The third-order valence-electron chi connectivity index (χ3n) is 6.72. The second kappa shape index (κ2) is 9.07. The largest absolute Gasteiger partial charge is 0.780 e. The SMILES string of the molecule is Cc1cc(O)c(C(C)C)cc1C1(c2cc(C(C)C)c(OP(=O)([O-])[O-])cc2C)OC(=O)c2ccccc21. The smallest absolute Gasteiger partial charge is 0.340 e. The van der Waals surface area contributed by atoms with Crippen molar-refractivity contribution in [1.82, 2.24) is 0 Å². The summed E-state index contributed by atoms with van der Waals surface area (Å²) in [5, 5.41) is 10.6. The number of esters is 1. The van der Waals surface area contributed by atoms with Gasteiger partial charge in [-0.3, -0.25) is 0 Å². The van der Waals surface area contributed by atoms with Crippen molar-refractivity contribution in [3.05, 3.63) is 93.0 Å². The Morgan fingerprint density at radius 1 is 0.889 bits per heavy atom. The van der Waals surface area contributed by atoms with Crippen molar-refractivity contribution < 1.29 is 33.5 Å². The lowest BCUT2D eigenvalue weighted by molar-refractivity contribution is -0.333. The Hall–Kier alpha value is -3.12. The Morgan fingerprint density at radius 3 is 2.03 bits per heavy atom. The van der Waals surface area contributed by atoms with Gasteiger partial charge in [-0.1, -0.05) is 45.9 Å². The fourth-order valence-electron chi connectivity index (χ4n) is 5.04. The zero-order valence-corrected chi connectivity index (χ0v) is 22.0. The topological polar surface area (TPSA) is 119 Å². The van der Waals surface area contributed by atoms with Crippen LogP contribution in [0.4, 0.5) is 0 Å². The molecule has 0 bridgehead atoms. The zero-order chi connectivity index (χ0) is 26.6. The molecule has 4 rings (SSSR count). The van der Waals surface area contributed by atoms with Crippen LogP contribution >= 0.6 is 7.82 Å². The normalized spacial score (nSPS) is 17.4. The lowest BCUT2D eigenvalue weighted by Gasteiger charge is -2.36. The summed E-state index contributed by atoms with van der Waals surface area (Å²) in [6.07, 6.45) is 0. The van der Waals surface area contributed by atoms with Crippen LogP contribution in [-0.2, 0) is 14.9 Å². The van der Waals surface area contributed by atoms with Crippen molar-refractivity contribution in [2.24, 2.45) is 0 Å². The van der Waals surface area contributed by atoms with E-state index in [0.717, 1.165) is 5.56 Å². The van der Waals surface area contributed by atoms with Crippen molar-refractivity contribution in [3.8, 4) is 11.5 Å². The number of aryl methyl sites for hydroxylation is 2. The van der Waals surface area contributed by atoms with Crippen molar-refractivity contribution in [1.29, 1.82) is 0 Å². The lowest BCUT2D eigenvalue weighted by atomic mass is 9.74. The Bertz CT molecular complexity index is 1400. The summed E-state index contributed by atoms with van der Waals surface area (Å²) in [5.41, 5.74) is 3.49. The van der Waals surface area contributed by atoms with Crippen LogP contribution in [0.5, 0.6) is 11.5 Å². The Morgan fingerprint density at radius 2 is 1.44 bits per heavy atom. The van der Waals surface area contributed by atoms with Crippen LogP contribution < -0.4 is 14.3 Å². The molecule has 1 unspecified atom stereocenters. The quantitative estimate of drug-likeness (QED) is 0.371. The average Bonchev–Trinajstić information content (AvgIpc) is 3.05. The summed E-state index contributed by atoms with van der Waals surface area (Å²) >= 11 is 0. The molecule has 1 atom stereocenters. The molecule has 1 aliphatic heterocycles. The van der Waals surface area contributed by atoms with Gasteiger partial charge in [0.25, 0.3) is 0 Å². The predicted molar refractivity (Wildman–Crippen MR) is 132 cm³/mol. The standard InChI is InChI=1S/C28H31O7P/c1-15(2)20-13-23(17(5)11-25(20)29)28(22-10-8-7-9-19(22)27(30)34-28)24-14-21(16(3)4)26(12-18(24)6)35-36(31,32)33/h7-16,29H,1-6H3,(H2,31,32,33)/p-2. The predicted octanol–water partition coefficient (Wildman–Crippen LogP) is 4.93. The van der Waals surface area contributed by atoms with Crippen molar-refractivity contribution >= 4 is 13.8 Å². The number of ether oxygens (including phenoxy) is 1. The molecule has 1 N–H and O–H groups in total. The van der Waals surface area contributed by atoms with Crippen molar-refractivity contribution in [3.63, 3.8) is 0 Å². The monoisotopic (exact) mass is 508 g/mol.